The quantitative estimate of drug-likeness (QED) is 0.619. The monoisotopic (exact) mass is 483 g/mol. The summed E-state index contributed by atoms with van der Waals surface area (Å²) in [6, 6.07) is 10.2. The molecule has 35 heavy (non-hydrogen) atoms. The Kier molecular flexibility index (Phi) is 7.64. The Morgan fingerprint density at radius 1 is 1.06 bits per heavy atom. The number of aromatic nitrogens is 2. The van der Waals surface area contributed by atoms with Gasteiger partial charge in [0, 0.05) is 30.3 Å². The zero-order valence-corrected chi connectivity index (χ0v) is 20.5. The van der Waals surface area contributed by atoms with Crippen molar-refractivity contribution >= 4 is 11.8 Å². The smallest absolute Gasteiger partial charge is 0.254 e. The van der Waals surface area contributed by atoms with E-state index in [1.165, 1.54) is 0 Å². The van der Waals surface area contributed by atoms with E-state index >= 15 is 0 Å². The van der Waals surface area contributed by atoms with Gasteiger partial charge in [0.25, 0.3) is 5.91 Å². The minimum absolute atomic E-state index is 0.188. The number of carbonyl (C=O) groups excluding carboxylic acids is 2. The first kappa shape index (κ1) is 25.0. The third kappa shape index (κ3) is 6.54. The van der Waals surface area contributed by atoms with Crippen molar-refractivity contribution in [2.24, 2.45) is 11.7 Å². The molecule has 0 saturated carbocycles. The largest absolute Gasteiger partial charge is 0.476 e. The molecule has 0 radical (unpaired) electrons. The first-order valence-corrected chi connectivity index (χ1v) is 12.3. The fourth-order valence-electron chi connectivity index (χ4n) is 4.85. The zero-order valence-electron chi connectivity index (χ0n) is 20.5. The fraction of sp³-hybridized carbons (Fsp3) is 0.538. The molecule has 8 nitrogen and oxygen atoms in total. The van der Waals surface area contributed by atoms with Gasteiger partial charge in [-0.25, -0.2) is 4.39 Å². The number of piperidine rings is 1. The highest BCUT2D eigenvalue weighted by molar-refractivity contribution is 5.98. The van der Waals surface area contributed by atoms with Crippen LogP contribution in [0, 0.1) is 5.92 Å². The Bertz CT molecular complexity index is 1010. The van der Waals surface area contributed by atoms with Crippen LogP contribution in [0.1, 0.15) is 49.9 Å². The number of ether oxygens (including phenoxy) is 1. The molecule has 1 atom stereocenters. The Labute approximate surface area is 205 Å². The molecule has 2 saturated heterocycles. The van der Waals surface area contributed by atoms with Crippen molar-refractivity contribution in [1.29, 1.82) is 0 Å². The highest BCUT2D eigenvalue weighted by atomic mass is 19.1. The summed E-state index contributed by atoms with van der Waals surface area (Å²) in [5, 5.41) is 8.46. The minimum atomic E-state index is -1.17. The lowest BCUT2D eigenvalue weighted by atomic mass is 9.97. The van der Waals surface area contributed by atoms with Gasteiger partial charge in [-0.2, -0.15) is 0 Å². The number of alkyl halides is 1. The topological polar surface area (TPSA) is 102 Å². The molecule has 3 heterocycles. The molecule has 0 bridgehead atoms. The maximum absolute atomic E-state index is 13.8. The molecule has 1 aromatic heterocycles. The number of amides is 2. The second-order valence-electron chi connectivity index (χ2n) is 10.1. The van der Waals surface area contributed by atoms with Gasteiger partial charge >= 0.3 is 0 Å². The summed E-state index contributed by atoms with van der Waals surface area (Å²) in [7, 11) is 0. The highest BCUT2D eigenvalue weighted by Gasteiger charge is 2.33. The number of halogens is 1. The fourth-order valence-corrected chi connectivity index (χ4v) is 4.85. The van der Waals surface area contributed by atoms with Crippen molar-refractivity contribution in [3.05, 3.63) is 42.0 Å². The second-order valence-corrected chi connectivity index (χ2v) is 10.1. The lowest BCUT2D eigenvalue weighted by molar-refractivity contribution is -0.121. The summed E-state index contributed by atoms with van der Waals surface area (Å²) < 4.78 is 19.7. The van der Waals surface area contributed by atoms with Crippen LogP contribution in [0.2, 0.25) is 0 Å². The van der Waals surface area contributed by atoms with Gasteiger partial charge < -0.3 is 20.3 Å². The molecule has 2 fully saturated rings. The summed E-state index contributed by atoms with van der Waals surface area (Å²) in [6.45, 7) is 6.57. The van der Waals surface area contributed by atoms with Gasteiger partial charge in [0.15, 0.2) is 0 Å². The van der Waals surface area contributed by atoms with Crippen LogP contribution in [-0.2, 0) is 4.79 Å². The molecule has 2 aromatic rings. The van der Waals surface area contributed by atoms with Gasteiger partial charge in [-0.05, 0) is 76.7 Å². The molecular weight excluding hydrogens is 449 g/mol. The highest BCUT2D eigenvalue weighted by Crippen LogP contribution is 2.24. The van der Waals surface area contributed by atoms with Crippen LogP contribution in [-0.4, -0.2) is 76.3 Å². The molecule has 1 aromatic carbocycles. The van der Waals surface area contributed by atoms with Crippen molar-refractivity contribution in [2.45, 2.75) is 51.2 Å². The molecule has 2 amide bonds. The van der Waals surface area contributed by atoms with E-state index in [1.54, 1.807) is 36.9 Å². The van der Waals surface area contributed by atoms with Crippen molar-refractivity contribution in [2.75, 3.05) is 32.8 Å². The Hall–Kier alpha value is -3.07. The predicted octanol–water partition coefficient (Wildman–Crippen LogP) is 3.07. The predicted molar refractivity (Wildman–Crippen MR) is 131 cm³/mol. The van der Waals surface area contributed by atoms with Crippen LogP contribution in [0.5, 0.6) is 5.88 Å². The number of primary amides is 1. The number of likely N-dealkylation sites (tertiary alicyclic amines) is 2. The second kappa shape index (κ2) is 10.7. The first-order chi connectivity index (χ1) is 16.7. The standard InChI is InChI=1S/C26H34FN5O3/c1-26(2,27)17-31-14-11-18(12-15-31)16-35-23-10-9-21(29-30-23)19-5-7-20(8-6-19)25(34)32-13-3-4-22(32)24(28)33/h5-10,18,22H,3-4,11-17H2,1-2H3,(H2,28,33). The van der Waals surface area contributed by atoms with E-state index in [4.69, 9.17) is 10.5 Å². The van der Waals surface area contributed by atoms with Crippen LogP contribution < -0.4 is 10.5 Å². The van der Waals surface area contributed by atoms with Crippen LogP contribution in [0.3, 0.4) is 0 Å². The number of benzene rings is 1. The van der Waals surface area contributed by atoms with E-state index in [2.05, 4.69) is 15.1 Å². The van der Waals surface area contributed by atoms with Gasteiger partial charge in [-0.1, -0.05) is 12.1 Å². The third-order valence-electron chi connectivity index (χ3n) is 6.68. The minimum Gasteiger partial charge on any atom is -0.476 e. The molecule has 1 unspecified atom stereocenters. The summed E-state index contributed by atoms with van der Waals surface area (Å²) >= 11 is 0. The molecule has 2 N–H and O–H groups in total. The lowest BCUT2D eigenvalue weighted by Gasteiger charge is -2.34. The molecular formula is C26H34FN5O3. The van der Waals surface area contributed by atoms with E-state index in [0.717, 1.165) is 37.9 Å². The molecule has 9 heteroatoms. The van der Waals surface area contributed by atoms with Crippen molar-refractivity contribution < 1.29 is 18.7 Å². The SMILES string of the molecule is CC(C)(F)CN1CCC(COc2ccc(-c3ccc(C(=O)N4CCCC4C(N)=O)cc3)nn2)CC1. The van der Waals surface area contributed by atoms with Gasteiger partial charge in [-0.3, -0.25) is 9.59 Å². The number of nitrogens with zero attached hydrogens (tertiary/aromatic N) is 4. The Morgan fingerprint density at radius 3 is 2.37 bits per heavy atom. The normalized spacial score (nSPS) is 19.6. The maximum atomic E-state index is 13.8. The molecule has 2 aliphatic heterocycles. The van der Waals surface area contributed by atoms with E-state index in [-0.39, 0.29) is 5.91 Å². The van der Waals surface area contributed by atoms with Crippen LogP contribution in [0.15, 0.2) is 36.4 Å². The summed E-state index contributed by atoms with van der Waals surface area (Å²) in [4.78, 5) is 28.1. The number of hydrogen-bond acceptors (Lipinski definition) is 6. The zero-order chi connectivity index (χ0) is 25.0. The maximum Gasteiger partial charge on any atom is 0.254 e. The number of rotatable bonds is 8. The molecule has 4 rings (SSSR count). The van der Waals surface area contributed by atoms with E-state index < -0.39 is 17.6 Å². The Balaban J connectivity index is 1.28. The summed E-state index contributed by atoms with van der Waals surface area (Å²) in [5.41, 5.74) is 6.28. The first-order valence-electron chi connectivity index (χ1n) is 12.3. The van der Waals surface area contributed by atoms with Crippen molar-refractivity contribution in [3.8, 4) is 17.1 Å². The summed E-state index contributed by atoms with van der Waals surface area (Å²) in [5.74, 6) is 0.243. The van der Waals surface area contributed by atoms with Crippen LogP contribution in [0.25, 0.3) is 11.3 Å². The van der Waals surface area contributed by atoms with E-state index in [0.29, 0.717) is 49.2 Å². The van der Waals surface area contributed by atoms with Crippen LogP contribution >= 0.6 is 0 Å². The van der Waals surface area contributed by atoms with Crippen molar-refractivity contribution in [1.82, 2.24) is 20.0 Å². The van der Waals surface area contributed by atoms with Crippen LogP contribution in [0.4, 0.5) is 4.39 Å². The molecule has 188 valence electrons. The third-order valence-corrected chi connectivity index (χ3v) is 6.68. The van der Waals surface area contributed by atoms with Gasteiger partial charge in [0.05, 0.1) is 12.3 Å². The van der Waals surface area contributed by atoms with E-state index in [1.807, 2.05) is 18.2 Å². The molecule has 2 aliphatic rings. The van der Waals surface area contributed by atoms with Gasteiger partial charge in [0.1, 0.15) is 11.7 Å². The Morgan fingerprint density at radius 2 is 1.77 bits per heavy atom. The number of nitrogens with two attached hydrogens (primary N) is 1. The average Bonchev–Trinajstić information content (AvgIpc) is 3.33. The molecule has 0 aliphatic carbocycles. The summed E-state index contributed by atoms with van der Waals surface area (Å²) in [6.07, 6.45) is 3.34. The van der Waals surface area contributed by atoms with Gasteiger partial charge in [0.2, 0.25) is 11.8 Å². The van der Waals surface area contributed by atoms with E-state index in [9.17, 15) is 14.0 Å². The molecule has 0 spiro atoms. The lowest BCUT2D eigenvalue weighted by Crippen LogP contribution is -2.43. The van der Waals surface area contributed by atoms with Crippen molar-refractivity contribution in [3.63, 3.8) is 0 Å². The average molecular weight is 484 g/mol. The van der Waals surface area contributed by atoms with Gasteiger partial charge in [-0.15, -0.1) is 10.2 Å². The number of hydrogen-bond donors (Lipinski definition) is 1. The number of carbonyl (C=O) groups is 2.